The molecule has 0 spiro atoms. The quantitative estimate of drug-likeness (QED) is 0.910. The van der Waals surface area contributed by atoms with Crippen molar-refractivity contribution in [3.63, 3.8) is 0 Å². The molecule has 24 heavy (non-hydrogen) atoms. The summed E-state index contributed by atoms with van der Waals surface area (Å²) >= 11 is 5.95. The molecule has 2 aliphatic rings. The number of carbonyl (C=O) groups excluding carboxylic acids is 1. The third-order valence-electron chi connectivity index (χ3n) is 4.82. The van der Waals surface area contributed by atoms with Gasteiger partial charge in [0.2, 0.25) is 0 Å². The van der Waals surface area contributed by atoms with E-state index in [1.807, 2.05) is 47.4 Å². The first-order chi connectivity index (χ1) is 11.7. The van der Waals surface area contributed by atoms with Crippen molar-refractivity contribution >= 4 is 28.9 Å². The number of amides is 1. The second-order valence-electron chi connectivity index (χ2n) is 6.30. The minimum atomic E-state index is 0.139. The molecule has 0 aromatic heterocycles. The highest BCUT2D eigenvalue weighted by atomic mass is 35.5. The van der Waals surface area contributed by atoms with Crippen LogP contribution in [0.15, 0.2) is 42.5 Å². The van der Waals surface area contributed by atoms with Gasteiger partial charge in [0.25, 0.3) is 5.91 Å². The Hall–Kier alpha value is -2.20. The van der Waals surface area contributed by atoms with Gasteiger partial charge < -0.3 is 15.1 Å². The average molecular weight is 342 g/mol. The molecule has 0 bridgehead atoms. The highest BCUT2D eigenvalue weighted by molar-refractivity contribution is 6.30. The number of piperazine rings is 1. The maximum atomic E-state index is 12.8. The molecule has 2 aliphatic heterocycles. The van der Waals surface area contributed by atoms with Gasteiger partial charge in [-0.15, -0.1) is 0 Å². The zero-order valence-corrected chi connectivity index (χ0v) is 14.2. The minimum absolute atomic E-state index is 0.139. The third-order valence-corrected chi connectivity index (χ3v) is 5.07. The van der Waals surface area contributed by atoms with Gasteiger partial charge in [-0.3, -0.25) is 4.79 Å². The van der Waals surface area contributed by atoms with Crippen LogP contribution in [0.2, 0.25) is 5.02 Å². The molecule has 2 aromatic carbocycles. The predicted octanol–water partition coefficient (Wildman–Crippen LogP) is 3.27. The van der Waals surface area contributed by atoms with E-state index < -0.39 is 0 Å². The zero-order valence-electron chi connectivity index (χ0n) is 13.5. The van der Waals surface area contributed by atoms with Gasteiger partial charge in [0.1, 0.15) is 0 Å². The maximum Gasteiger partial charge on any atom is 0.253 e. The Kier molecular flexibility index (Phi) is 4.07. The summed E-state index contributed by atoms with van der Waals surface area (Å²) in [4.78, 5) is 17.0. The van der Waals surface area contributed by atoms with Crippen molar-refractivity contribution in [2.24, 2.45) is 0 Å². The molecule has 5 heteroatoms. The van der Waals surface area contributed by atoms with E-state index in [2.05, 4.69) is 10.2 Å². The minimum Gasteiger partial charge on any atom is -0.384 e. The lowest BCUT2D eigenvalue weighted by molar-refractivity contribution is 0.0746. The largest absolute Gasteiger partial charge is 0.384 e. The lowest BCUT2D eigenvalue weighted by Crippen LogP contribution is -2.48. The number of fused-ring (bicyclic) bond motifs is 1. The maximum absolute atomic E-state index is 12.8. The van der Waals surface area contributed by atoms with Crippen LogP contribution in [0.1, 0.15) is 15.9 Å². The van der Waals surface area contributed by atoms with Crippen molar-refractivity contribution in [1.29, 1.82) is 0 Å². The van der Waals surface area contributed by atoms with Gasteiger partial charge in [0, 0.05) is 54.7 Å². The second kappa shape index (κ2) is 6.36. The van der Waals surface area contributed by atoms with Crippen LogP contribution < -0.4 is 10.2 Å². The number of hydrogen-bond donors (Lipinski definition) is 1. The Balaban J connectivity index is 1.42. The van der Waals surface area contributed by atoms with Crippen LogP contribution >= 0.6 is 11.6 Å². The topological polar surface area (TPSA) is 35.6 Å². The molecular formula is C19H20ClN3O. The number of hydrogen-bond acceptors (Lipinski definition) is 3. The number of benzene rings is 2. The van der Waals surface area contributed by atoms with Crippen molar-refractivity contribution in [1.82, 2.24) is 4.90 Å². The number of halogens is 1. The van der Waals surface area contributed by atoms with Crippen molar-refractivity contribution in [3.05, 3.63) is 58.6 Å². The van der Waals surface area contributed by atoms with Gasteiger partial charge in [-0.25, -0.2) is 0 Å². The number of carbonyl (C=O) groups is 1. The summed E-state index contributed by atoms with van der Waals surface area (Å²) in [6, 6.07) is 13.9. The van der Waals surface area contributed by atoms with Gasteiger partial charge in [0.05, 0.1) is 0 Å². The predicted molar refractivity (Wildman–Crippen MR) is 98.2 cm³/mol. The lowest BCUT2D eigenvalue weighted by atomic mass is 10.1. The normalized spacial score (nSPS) is 16.7. The molecule has 0 saturated carbocycles. The molecule has 1 fully saturated rings. The summed E-state index contributed by atoms with van der Waals surface area (Å²) in [6.45, 7) is 4.15. The molecule has 2 aromatic rings. The molecule has 124 valence electrons. The van der Waals surface area contributed by atoms with E-state index >= 15 is 0 Å². The van der Waals surface area contributed by atoms with Crippen molar-refractivity contribution in [3.8, 4) is 0 Å². The smallest absolute Gasteiger partial charge is 0.253 e. The second-order valence-corrected chi connectivity index (χ2v) is 6.74. The van der Waals surface area contributed by atoms with E-state index in [4.69, 9.17) is 11.6 Å². The third kappa shape index (κ3) is 2.94. The first-order valence-corrected chi connectivity index (χ1v) is 8.75. The van der Waals surface area contributed by atoms with Crippen molar-refractivity contribution in [2.75, 3.05) is 42.9 Å². The van der Waals surface area contributed by atoms with E-state index in [1.165, 1.54) is 11.3 Å². The Labute approximate surface area is 147 Å². The van der Waals surface area contributed by atoms with Gasteiger partial charge >= 0.3 is 0 Å². The molecule has 4 rings (SSSR count). The van der Waals surface area contributed by atoms with E-state index in [9.17, 15) is 4.79 Å². The van der Waals surface area contributed by atoms with Crippen LogP contribution in [0.25, 0.3) is 0 Å². The van der Waals surface area contributed by atoms with E-state index in [0.717, 1.165) is 55.4 Å². The summed E-state index contributed by atoms with van der Waals surface area (Å²) in [5.74, 6) is 0.139. The first kappa shape index (κ1) is 15.3. The summed E-state index contributed by atoms with van der Waals surface area (Å²) in [6.07, 6.45) is 1.00. The zero-order chi connectivity index (χ0) is 16.5. The van der Waals surface area contributed by atoms with Crippen LogP contribution in [0.5, 0.6) is 0 Å². The number of nitrogens with zero attached hydrogens (tertiary/aromatic N) is 2. The van der Waals surface area contributed by atoms with E-state index in [0.29, 0.717) is 0 Å². The summed E-state index contributed by atoms with van der Waals surface area (Å²) in [5, 5.41) is 4.08. The van der Waals surface area contributed by atoms with Crippen LogP contribution in [0.3, 0.4) is 0 Å². The van der Waals surface area contributed by atoms with Crippen molar-refractivity contribution in [2.45, 2.75) is 6.42 Å². The molecule has 0 aliphatic carbocycles. The fourth-order valence-corrected chi connectivity index (χ4v) is 3.57. The molecule has 4 nitrogen and oxygen atoms in total. The SMILES string of the molecule is O=C(c1ccc2c(c1)CCN2)N1CCN(c2ccc(Cl)cc2)CC1. The standard InChI is InChI=1S/C19H20ClN3O/c20-16-2-4-17(5-3-16)22-9-11-23(12-10-22)19(24)15-1-6-18-14(13-15)7-8-21-18/h1-6,13,21H,7-12H2. The molecule has 1 amide bonds. The lowest BCUT2D eigenvalue weighted by Gasteiger charge is -2.36. The highest BCUT2D eigenvalue weighted by Crippen LogP contribution is 2.24. The Bertz CT molecular complexity index is 752. The Morgan fingerprint density at radius 1 is 1.00 bits per heavy atom. The molecular weight excluding hydrogens is 322 g/mol. The van der Waals surface area contributed by atoms with Crippen molar-refractivity contribution < 1.29 is 4.79 Å². The van der Waals surface area contributed by atoms with Crippen LogP contribution in [0, 0.1) is 0 Å². The monoisotopic (exact) mass is 341 g/mol. The van der Waals surface area contributed by atoms with Gasteiger partial charge in [-0.1, -0.05) is 11.6 Å². The average Bonchev–Trinajstić information content (AvgIpc) is 3.09. The summed E-state index contributed by atoms with van der Waals surface area (Å²) < 4.78 is 0. The van der Waals surface area contributed by atoms with E-state index in [1.54, 1.807) is 0 Å². The Morgan fingerprint density at radius 3 is 2.50 bits per heavy atom. The Morgan fingerprint density at radius 2 is 1.75 bits per heavy atom. The summed E-state index contributed by atoms with van der Waals surface area (Å²) in [5.41, 5.74) is 4.38. The van der Waals surface area contributed by atoms with Gasteiger partial charge in [0.15, 0.2) is 0 Å². The van der Waals surface area contributed by atoms with Crippen LogP contribution in [0.4, 0.5) is 11.4 Å². The van der Waals surface area contributed by atoms with Crippen LogP contribution in [-0.2, 0) is 6.42 Å². The van der Waals surface area contributed by atoms with Gasteiger partial charge in [-0.05, 0) is 54.4 Å². The molecule has 0 radical (unpaired) electrons. The highest BCUT2D eigenvalue weighted by Gasteiger charge is 2.23. The number of rotatable bonds is 2. The van der Waals surface area contributed by atoms with Gasteiger partial charge in [-0.2, -0.15) is 0 Å². The number of nitrogens with one attached hydrogen (secondary N) is 1. The van der Waals surface area contributed by atoms with E-state index in [-0.39, 0.29) is 5.91 Å². The molecule has 2 heterocycles. The molecule has 1 N–H and O–H groups in total. The molecule has 1 saturated heterocycles. The van der Waals surface area contributed by atoms with Crippen LogP contribution in [-0.4, -0.2) is 43.5 Å². The fourth-order valence-electron chi connectivity index (χ4n) is 3.44. The number of anilines is 2. The molecule has 0 unspecified atom stereocenters. The molecule has 0 atom stereocenters. The summed E-state index contributed by atoms with van der Waals surface area (Å²) in [7, 11) is 0. The fraction of sp³-hybridized carbons (Fsp3) is 0.316. The first-order valence-electron chi connectivity index (χ1n) is 8.37.